The van der Waals surface area contributed by atoms with E-state index in [1.807, 2.05) is 66.8 Å². The SMILES string of the molecule is O=C1OCCCC/C=C\[C@H]2O[C@]34C=CCN(c5ccc6ccccc6c5)C(=O)C3N(CCCCCO)C(=O)[C@@H]4[C@@H]12. The van der Waals surface area contributed by atoms with E-state index in [-0.39, 0.29) is 18.4 Å². The molecule has 2 saturated heterocycles. The third kappa shape index (κ3) is 4.53. The second-order valence-corrected chi connectivity index (χ2v) is 11.1. The van der Waals surface area contributed by atoms with Crippen molar-refractivity contribution in [3.63, 3.8) is 0 Å². The molecule has 4 heterocycles. The molecule has 2 amide bonds. The summed E-state index contributed by atoms with van der Waals surface area (Å²) in [6, 6.07) is 13.0. The number of fused-ring (bicyclic) bond motifs is 3. The van der Waals surface area contributed by atoms with Crippen LogP contribution >= 0.6 is 0 Å². The van der Waals surface area contributed by atoms with Crippen LogP contribution in [0.1, 0.15) is 38.5 Å². The molecule has 8 nitrogen and oxygen atoms in total. The number of ether oxygens (including phenoxy) is 2. The van der Waals surface area contributed by atoms with E-state index in [0.29, 0.717) is 32.5 Å². The highest BCUT2D eigenvalue weighted by Gasteiger charge is 2.71. The van der Waals surface area contributed by atoms with Crippen molar-refractivity contribution in [1.82, 2.24) is 4.90 Å². The molecule has 0 radical (unpaired) electrons. The number of amides is 2. The Bertz CT molecular complexity index is 1350. The van der Waals surface area contributed by atoms with Crippen LogP contribution in [-0.2, 0) is 23.9 Å². The molecule has 1 N–H and O–H groups in total. The van der Waals surface area contributed by atoms with Crippen LogP contribution in [0.5, 0.6) is 0 Å². The van der Waals surface area contributed by atoms with Gasteiger partial charge in [-0.05, 0) is 61.4 Å². The first-order chi connectivity index (χ1) is 19.5. The normalized spacial score (nSPS) is 31.0. The molecule has 1 spiro atoms. The molecule has 1 unspecified atom stereocenters. The third-order valence-electron chi connectivity index (χ3n) is 8.70. The predicted octanol–water partition coefficient (Wildman–Crippen LogP) is 3.77. The fraction of sp³-hybridized carbons (Fsp3) is 0.469. The molecule has 0 bridgehead atoms. The number of esters is 1. The molecule has 2 fully saturated rings. The number of rotatable bonds is 6. The number of nitrogens with zero attached hydrogens (tertiary/aromatic N) is 2. The molecule has 2 aromatic carbocycles. The van der Waals surface area contributed by atoms with Crippen LogP contribution in [0.2, 0.25) is 0 Å². The van der Waals surface area contributed by atoms with Crippen molar-refractivity contribution in [2.75, 3.05) is 31.2 Å². The first-order valence-corrected chi connectivity index (χ1v) is 14.5. The standard InChI is InChI=1S/C32H36N2O6/c35-19-8-3-7-17-34-28-30(37)33(24-15-14-22-11-5-6-12-23(22)21-24)18-10-16-32(28)27(29(34)36)26-25(40-32)13-4-1-2-9-20-39-31(26)38/h4-6,10-16,21,25-28,35H,1-3,7-9,17-20H2/b13-4-/t25-,26+,27+,28?,32+/m1/s1. The van der Waals surface area contributed by atoms with Gasteiger partial charge < -0.3 is 24.4 Å². The highest BCUT2D eigenvalue weighted by atomic mass is 16.6. The number of unbranched alkanes of at least 4 members (excludes halogenated alkanes) is 2. The molecule has 0 aromatic heterocycles. The minimum atomic E-state index is -1.27. The summed E-state index contributed by atoms with van der Waals surface area (Å²) in [5.41, 5.74) is -0.526. The zero-order valence-corrected chi connectivity index (χ0v) is 22.6. The smallest absolute Gasteiger partial charge is 0.312 e. The average Bonchev–Trinajstić information content (AvgIpc) is 3.35. The topological polar surface area (TPSA) is 96.4 Å². The number of aliphatic hydroxyl groups excluding tert-OH is 1. The fourth-order valence-corrected chi connectivity index (χ4v) is 6.80. The number of cyclic esters (lactones) is 1. The largest absolute Gasteiger partial charge is 0.465 e. The monoisotopic (exact) mass is 544 g/mol. The molecule has 0 aliphatic carbocycles. The summed E-state index contributed by atoms with van der Waals surface area (Å²) in [4.78, 5) is 45.5. The molecule has 4 aliphatic heterocycles. The van der Waals surface area contributed by atoms with Gasteiger partial charge in [0.1, 0.15) is 17.6 Å². The Balaban J connectivity index is 1.41. The lowest BCUT2D eigenvalue weighted by Crippen LogP contribution is -2.55. The van der Waals surface area contributed by atoms with Gasteiger partial charge in [-0.1, -0.05) is 54.6 Å². The van der Waals surface area contributed by atoms with Gasteiger partial charge in [-0.3, -0.25) is 14.4 Å². The second kappa shape index (κ2) is 11.2. The molecule has 6 rings (SSSR count). The number of carbonyl (C=O) groups is 3. The van der Waals surface area contributed by atoms with Gasteiger partial charge >= 0.3 is 5.97 Å². The van der Waals surface area contributed by atoms with Crippen molar-refractivity contribution < 1.29 is 29.0 Å². The zero-order valence-electron chi connectivity index (χ0n) is 22.6. The van der Waals surface area contributed by atoms with E-state index in [1.165, 1.54) is 0 Å². The molecular weight excluding hydrogens is 508 g/mol. The van der Waals surface area contributed by atoms with Crippen molar-refractivity contribution in [2.24, 2.45) is 11.8 Å². The van der Waals surface area contributed by atoms with Gasteiger partial charge in [-0.2, -0.15) is 0 Å². The summed E-state index contributed by atoms with van der Waals surface area (Å²) in [5.74, 6) is -2.59. The zero-order chi connectivity index (χ0) is 27.7. The van der Waals surface area contributed by atoms with E-state index < -0.39 is 35.6 Å². The lowest BCUT2D eigenvalue weighted by molar-refractivity contribution is -0.154. The van der Waals surface area contributed by atoms with Crippen LogP contribution in [0.3, 0.4) is 0 Å². The summed E-state index contributed by atoms with van der Waals surface area (Å²) >= 11 is 0. The molecule has 0 saturated carbocycles. The van der Waals surface area contributed by atoms with E-state index in [4.69, 9.17) is 9.47 Å². The Hall–Kier alpha value is -3.49. The maximum atomic E-state index is 14.5. The molecule has 4 aliphatic rings. The van der Waals surface area contributed by atoms with Gasteiger partial charge in [0.2, 0.25) is 5.91 Å². The van der Waals surface area contributed by atoms with Crippen molar-refractivity contribution >= 4 is 34.2 Å². The Morgan fingerprint density at radius 1 is 0.950 bits per heavy atom. The maximum Gasteiger partial charge on any atom is 0.312 e. The van der Waals surface area contributed by atoms with Crippen molar-refractivity contribution in [3.05, 3.63) is 66.8 Å². The third-order valence-corrected chi connectivity index (χ3v) is 8.70. The van der Waals surface area contributed by atoms with Gasteiger partial charge in [0, 0.05) is 25.4 Å². The average molecular weight is 545 g/mol. The molecule has 8 heteroatoms. The number of benzene rings is 2. The second-order valence-electron chi connectivity index (χ2n) is 11.1. The molecule has 2 aromatic rings. The highest BCUT2D eigenvalue weighted by molar-refractivity contribution is 6.06. The maximum absolute atomic E-state index is 14.5. The number of carbonyl (C=O) groups excluding carboxylic acids is 3. The summed E-state index contributed by atoms with van der Waals surface area (Å²) < 4.78 is 12.3. The summed E-state index contributed by atoms with van der Waals surface area (Å²) in [6.45, 7) is 1.06. The lowest BCUT2D eigenvalue weighted by Gasteiger charge is -2.35. The molecular formula is C32H36N2O6. The quantitative estimate of drug-likeness (QED) is 0.338. The van der Waals surface area contributed by atoms with Gasteiger partial charge in [0.25, 0.3) is 5.91 Å². The number of likely N-dealkylation sites (tertiary alicyclic amines) is 1. The van der Waals surface area contributed by atoms with Crippen LogP contribution in [0.25, 0.3) is 10.8 Å². The summed E-state index contributed by atoms with van der Waals surface area (Å²) in [5, 5.41) is 11.4. The van der Waals surface area contributed by atoms with Gasteiger partial charge in [0.05, 0.1) is 18.6 Å². The summed E-state index contributed by atoms with van der Waals surface area (Å²) in [7, 11) is 0. The van der Waals surface area contributed by atoms with Crippen LogP contribution in [-0.4, -0.2) is 71.8 Å². The van der Waals surface area contributed by atoms with E-state index >= 15 is 0 Å². The first kappa shape index (κ1) is 26.7. The molecule has 5 atom stereocenters. The Labute approximate surface area is 234 Å². The van der Waals surface area contributed by atoms with Gasteiger partial charge in [-0.15, -0.1) is 0 Å². The number of hydrogen-bond donors (Lipinski definition) is 1. The molecule has 210 valence electrons. The molecule has 40 heavy (non-hydrogen) atoms. The number of allylic oxidation sites excluding steroid dienone is 1. The van der Waals surface area contributed by atoms with E-state index in [9.17, 15) is 19.5 Å². The number of aliphatic hydroxyl groups is 1. The first-order valence-electron chi connectivity index (χ1n) is 14.5. The lowest BCUT2D eigenvalue weighted by atomic mass is 9.78. The Morgan fingerprint density at radius 3 is 2.65 bits per heavy atom. The van der Waals surface area contributed by atoms with E-state index in [2.05, 4.69) is 0 Å². The van der Waals surface area contributed by atoms with Crippen molar-refractivity contribution in [1.29, 1.82) is 0 Å². The van der Waals surface area contributed by atoms with Crippen LogP contribution in [0.4, 0.5) is 5.69 Å². The van der Waals surface area contributed by atoms with E-state index in [1.54, 1.807) is 9.80 Å². The minimum absolute atomic E-state index is 0.0758. The van der Waals surface area contributed by atoms with Crippen molar-refractivity contribution in [3.8, 4) is 0 Å². The van der Waals surface area contributed by atoms with Crippen LogP contribution in [0.15, 0.2) is 66.8 Å². The fourth-order valence-electron chi connectivity index (χ4n) is 6.80. The Morgan fingerprint density at radius 2 is 1.80 bits per heavy atom. The van der Waals surface area contributed by atoms with Crippen molar-refractivity contribution in [2.45, 2.75) is 56.3 Å². The Kier molecular flexibility index (Phi) is 7.47. The highest BCUT2D eigenvalue weighted by Crippen LogP contribution is 2.53. The van der Waals surface area contributed by atoms with Crippen LogP contribution < -0.4 is 4.90 Å². The van der Waals surface area contributed by atoms with E-state index in [0.717, 1.165) is 42.1 Å². The van der Waals surface area contributed by atoms with Gasteiger partial charge in [-0.25, -0.2) is 0 Å². The van der Waals surface area contributed by atoms with Gasteiger partial charge in [0.15, 0.2) is 0 Å². The predicted molar refractivity (Wildman–Crippen MR) is 150 cm³/mol. The minimum Gasteiger partial charge on any atom is -0.465 e. The summed E-state index contributed by atoms with van der Waals surface area (Å²) in [6.07, 6.45) is 11.5. The number of hydrogen-bond acceptors (Lipinski definition) is 6. The number of anilines is 1. The van der Waals surface area contributed by atoms with Crippen LogP contribution in [0, 0.1) is 11.8 Å².